The van der Waals surface area contributed by atoms with Gasteiger partial charge in [0.15, 0.2) is 0 Å². The molecule has 0 amide bonds. The third kappa shape index (κ3) is 2.41. The summed E-state index contributed by atoms with van der Waals surface area (Å²) in [5, 5.41) is 3.55. The summed E-state index contributed by atoms with van der Waals surface area (Å²) in [4.78, 5) is 4.32. The van der Waals surface area contributed by atoms with E-state index in [1.54, 1.807) is 0 Å². The number of likely N-dealkylation sites (N-methyl/N-ethyl adjacent to an activating group) is 1. The third-order valence-electron chi connectivity index (χ3n) is 4.97. The summed E-state index contributed by atoms with van der Waals surface area (Å²) in [7, 11) is 0. The summed E-state index contributed by atoms with van der Waals surface area (Å²) in [5.41, 5.74) is 2.26. The first-order valence-electron chi connectivity index (χ1n) is 7.48. The van der Waals surface area contributed by atoms with E-state index < -0.39 is 0 Å². The highest BCUT2D eigenvalue weighted by molar-refractivity contribution is 5.29. The minimum absolute atomic E-state index is 0.307. The Hall–Kier alpha value is -0.930. The number of aromatic nitrogens is 1. The van der Waals surface area contributed by atoms with Crippen molar-refractivity contribution in [3.63, 3.8) is 0 Å². The highest BCUT2D eigenvalue weighted by atomic mass is 16.5. The molecule has 104 valence electrons. The number of nitrogens with one attached hydrogen (secondary N) is 1. The number of nitrogens with zero attached hydrogens (tertiary/aromatic N) is 1. The van der Waals surface area contributed by atoms with Crippen LogP contribution in [0.2, 0.25) is 0 Å². The van der Waals surface area contributed by atoms with E-state index in [4.69, 9.17) is 4.74 Å². The molecule has 1 N–H and O–H groups in total. The summed E-state index contributed by atoms with van der Waals surface area (Å²) in [6, 6.07) is 4.31. The fourth-order valence-electron chi connectivity index (χ4n) is 4.01. The highest BCUT2D eigenvalue weighted by Crippen LogP contribution is 2.59. The van der Waals surface area contributed by atoms with Crippen LogP contribution in [0.5, 0.6) is 0 Å². The fraction of sp³-hybridized carbons (Fsp3) is 0.688. The molecule has 3 rings (SSSR count). The van der Waals surface area contributed by atoms with Crippen molar-refractivity contribution in [2.45, 2.75) is 38.0 Å². The van der Waals surface area contributed by atoms with Crippen LogP contribution in [0.25, 0.3) is 0 Å². The van der Waals surface area contributed by atoms with Crippen LogP contribution >= 0.6 is 0 Å². The van der Waals surface area contributed by atoms with Crippen LogP contribution in [0, 0.1) is 5.41 Å². The smallest absolute Gasteiger partial charge is 0.0471 e. The zero-order chi connectivity index (χ0) is 13.2. The van der Waals surface area contributed by atoms with Crippen LogP contribution in [0.4, 0.5) is 0 Å². The molecule has 1 aliphatic heterocycles. The SMILES string of the molecule is CCNCC1(c2cccnc2)CC2(CCOCC2)C1. The lowest BCUT2D eigenvalue weighted by Crippen LogP contribution is -2.56. The average Bonchev–Trinajstić information content (AvgIpc) is 2.44. The van der Waals surface area contributed by atoms with Crippen molar-refractivity contribution in [3.05, 3.63) is 30.1 Å². The van der Waals surface area contributed by atoms with Crippen molar-refractivity contribution in [2.24, 2.45) is 5.41 Å². The highest BCUT2D eigenvalue weighted by Gasteiger charge is 2.55. The molecule has 3 nitrogen and oxygen atoms in total. The molecule has 2 fully saturated rings. The lowest BCUT2D eigenvalue weighted by atomic mass is 9.48. The monoisotopic (exact) mass is 260 g/mol. The maximum atomic E-state index is 5.53. The molecule has 1 spiro atoms. The van der Waals surface area contributed by atoms with E-state index in [1.165, 1.54) is 31.2 Å². The van der Waals surface area contributed by atoms with Gasteiger partial charge in [-0.05, 0) is 49.3 Å². The minimum atomic E-state index is 0.307. The van der Waals surface area contributed by atoms with Crippen molar-refractivity contribution >= 4 is 0 Å². The second kappa shape index (κ2) is 5.22. The van der Waals surface area contributed by atoms with Crippen molar-refractivity contribution < 1.29 is 4.74 Å². The zero-order valence-electron chi connectivity index (χ0n) is 11.8. The molecule has 19 heavy (non-hydrogen) atoms. The van der Waals surface area contributed by atoms with Gasteiger partial charge in [0, 0.05) is 37.6 Å². The predicted octanol–water partition coefficient (Wildman–Crippen LogP) is 2.52. The van der Waals surface area contributed by atoms with Gasteiger partial charge in [-0.2, -0.15) is 0 Å². The largest absolute Gasteiger partial charge is 0.381 e. The lowest BCUT2D eigenvalue weighted by Gasteiger charge is -2.58. The third-order valence-corrected chi connectivity index (χ3v) is 4.97. The molecule has 2 heterocycles. The topological polar surface area (TPSA) is 34.2 Å². The molecule has 0 bridgehead atoms. The first kappa shape index (κ1) is 13.1. The van der Waals surface area contributed by atoms with Crippen molar-refractivity contribution in [2.75, 3.05) is 26.3 Å². The van der Waals surface area contributed by atoms with Gasteiger partial charge in [-0.15, -0.1) is 0 Å². The van der Waals surface area contributed by atoms with Crippen LogP contribution in [0.3, 0.4) is 0 Å². The predicted molar refractivity (Wildman–Crippen MR) is 76.2 cm³/mol. The van der Waals surface area contributed by atoms with Crippen LogP contribution in [0.15, 0.2) is 24.5 Å². The van der Waals surface area contributed by atoms with E-state index >= 15 is 0 Å². The zero-order valence-corrected chi connectivity index (χ0v) is 11.8. The Balaban J connectivity index is 1.77. The maximum absolute atomic E-state index is 5.53. The Labute approximate surface area is 115 Å². The molecule has 2 aliphatic rings. The van der Waals surface area contributed by atoms with Gasteiger partial charge < -0.3 is 10.1 Å². The van der Waals surface area contributed by atoms with Crippen LogP contribution in [-0.4, -0.2) is 31.3 Å². The second-order valence-corrected chi connectivity index (χ2v) is 6.27. The molecular formula is C16H24N2O. The Morgan fingerprint density at radius 3 is 2.74 bits per heavy atom. The Morgan fingerprint density at radius 1 is 1.32 bits per heavy atom. The van der Waals surface area contributed by atoms with Crippen LogP contribution in [0.1, 0.15) is 38.2 Å². The lowest BCUT2D eigenvalue weighted by molar-refractivity contribution is -0.0736. The Bertz CT molecular complexity index is 404. The van der Waals surface area contributed by atoms with E-state index in [9.17, 15) is 0 Å². The first-order chi connectivity index (χ1) is 9.29. The number of rotatable bonds is 4. The normalized spacial score (nSPS) is 24.1. The van der Waals surface area contributed by atoms with Gasteiger partial charge in [-0.1, -0.05) is 13.0 Å². The fourth-order valence-corrected chi connectivity index (χ4v) is 4.01. The average molecular weight is 260 g/mol. The van der Waals surface area contributed by atoms with Gasteiger partial charge in [0.2, 0.25) is 0 Å². The van der Waals surface area contributed by atoms with Crippen LogP contribution in [-0.2, 0) is 10.2 Å². The summed E-state index contributed by atoms with van der Waals surface area (Å²) in [5.74, 6) is 0. The Morgan fingerprint density at radius 2 is 2.11 bits per heavy atom. The van der Waals surface area contributed by atoms with E-state index in [0.717, 1.165) is 26.3 Å². The second-order valence-electron chi connectivity index (χ2n) is 6.27. The number of hydrogen-bond acceptors (Lipinski definition) is 3. The molecule has 3 heteroatoms. The summed E-state index contributed by atoms with van der Waals surface area (Å²) in [6.07, 6.45) is 8.99. The molecule has 1 saturated heterocycles. The molecule has 0 unspecified atom stereocenters. The van der Waals surface area contributed by atoms with Crippen LogP contribution < -0.4 is 5.32 Å². The standard InChI is InChI=1S/C16H24N2O/c1-2-17-13-16(14-4-3-7-18-10-14)11-15(12-16)5-8-19-9-6-15/h3-4,7,10,17H,2,5-6,8-9,11-13H2,1H3. The number of pyridine rings is 1. The van der Waals surface area contributed by atoms with E-state index in [2.05, 4.69) is 35.6 Å². The molecule has 1 saturated carbocycles. The quantitative estimate of drug-likeness (QED) is 0.903. The molecule has 0 radical (unpaired) electrons. The molecule has 0 atom stereocenters. The van der Waals surface area contributed by atoms with Gasteiger partial charge in [-0.25, -0.2) is 0 Å². The molecule has 1 aromatic rings. The van der Waals surface area contributed by atoms with Gasteiger partial charge in [-0.3, -0.25) is 4.98 Å². The van der Waals surface area contributed by atoms with Crippen molar-refractivity contribution in [3.8, 4) is 0 Å². The van der Waals surface area contributed by atoms with Gasteiger partial charge >= 0.3 is 0 Å². The number of ether oxygens (including phenoxy) is 1. The molecule has 1 aromatic heterocycles. The van der Waals surface area contributed by atoms with E-state index in [0.29, 0.717) is 10.8 Å². The summed E-state index contributed by atoms with van der Waals surface area (Å²) in [6.45, 7) is 6.20. The van der Waals surface area contributed by atoms with Crippen molar-refractivity contribution in [1.82, 2.24) is 10.3 Å². The first-order valence-corrected chi connectivity index (χ1v) is 7.48. The van der Waals surface area contributed by atoms with Gasteiger partial charge in [0.05, 0.1) is 0 Å². The Kier molecular flexibility index (Phi) is 3.59. The molecular weight excluding hydrogens is 236 g/mol. The molecule has 0 aromatic carbocycles. The van der Waals surface area contributed by atoms with Crippen molar-refractivity contribution in [1.29, 1.82) is 0 Å². The van der Waals surface area contributed by atoms with E-state index in [1.807, 2.05) is 6.20 Å². The summed E-state index contributed by atoms with van der Waals surface area (Å²) >= 11 is 0. The maximum Gasteiger partial charge on any atom is 0.0471 e. The number of hydrogen-bond donors (Lipinski definition) is 1. The van der Waals surface area contributed by atoms with E-state index in [-0.39, 0.29) is 0 Å². The molecule has 1 aliphatic carbocycles. The van der Waals surface area contributed by atoms with Gasteiger partial charge in [0.25, 0.3) is 0 Å². The van der Waals surface area contributed by atoms with Gasteiger partial charge in [0.1, 0.15) is 0 Å². The summed E-state index contributed by atoms with van der Waals surface area (Å²) < 4.78 is 5.53. The minimum Gasteiger partial charge on any atom is -0.381 e.